The highest BCUT2D eigenvalue weighted by molar-refractivity contribution is 5.36. The number of nitrogens with zero attached hydrogens (tertiary/aromatic N) is 1. The lowest BCUT2D eigenvalue weighted by molar-refractivity contribution is -0.0775. The van der Waals surface area contributed by atoms with E-state index in [1.165, 1.54) is 18.2 Å². The van der Waals surface area contributed by atoms with Gasteiger partial charge in [0.25, 0.3) is 0 Å². The monoisotopic (exact) mass is 279 g/mol. The molecule has 20 heavy (non-hydrogen) atoms. The van der Waals surface area contributed by atoms with Crippen molar-refractivity contribution in [3.63, 3.8) is 0 Å². The van der Waals surface area contributed by atoms with Crippen LogP contribution in [-0.4, -0.2) is 35.8 Å². The summed E-state index contributed by atoms with van der Waals surface area (Å²) in [6, 6.07) is 3.98. The average molecular weight is 279 g/mol. The summed E-state index contributed by atoms with van der Waals surface area (Å²) in [5.74, 6) is 0.262. The van der Waals surface area contributed by atoms with Gasteiger partial charge in [-0.1, -0.05) is 0 Å². The standard InChI is InChI=1S/C16H22FNO2/c1-18(2)9-11-4-3-10-7-13(10)16(11,20)14-8-12(19)5-6-15(14)17/h5-6,8,10-11,13,19-20H,3-4,7,9H2,1-2H3/t10?,11-,13+,16+/m1/s1. The predicted molar refractivity (Wildman–Crippen MR) is 74.8 cm³/mol. The number of rotatable bonds is 3. The lowest BCUT2D eigenvalue weighted by atomic mass is 9.70. The second kappa shape index (κ2) is 4.71. The molecule has 2 N–H and O–H groups in total. The van der Waals surface area contributed by atoms with E-state index in [2.05, 4.69) is 0 Å². The Morgan fingerprint density at radius 3 is 2.80 bits per heavy atom. The van der Waals surface area contributed by atoms with Crippen LogP contribution >= 0.6 is 0 Å². The molecule has 110 valence electrons. The largest absolute Gasteiger partial charge is 0.508 e. The van der Waals surface area contributed by atoms with Crippen molar-refractivity contribution < 1.29 is 14.6 Å². The molecule has 0 radical (unpaired) electrons. The molecule has 0 bridgehead atoms. The van der Waals surface area contributed by atoms with Gasteiger partial charge in [-0.05, 0) is 63.4 Å². The molecule has 1 unspecified atom stereocenters. The number of hydrogen-bond acceptors (Lipinski definition) is 3. The summed E-state index contributed by atoms with van der Waals surface area (Å²) in [5.41, 5.74) is -0.868. The number of aromatic hydroxyl groups is 1. The summed E-state index contributed by atoms with van der Waals surface area (Å²) >= 11 is 0. The minimum atomic E-state index is -1.14. The van der Waals surface area contributed by atoms with Gasteiger partial charge in [0, 0.05) is 18.0 Å². The summed E-state index contributed by atoms with van der Waals surface area (Å²) in [4.78, 5) is 2.04. The van der Waals surface area contributed by atoms with Crippen LogP contribution in [0.2, 0.25) is 0 Å². The van der Waals surface area contributed by atoms with Gasteiger partial charge in [-0.3, -0.25) is 0 Å². The molecular formula is C16H22FNO2. The number of phenols is 1. The van der Waals surface area contributed by atoms with E-state index < -0.39 is 11.4 Å². The Kier molecular flexibility index (Phi) is 3.26. The van der Waals surface area contributed by atoms with Crippen LogP contribution in [-0.2, 0) is 5.60 Å². The zero-order valence-electron chi connectivity index (χ0n) is 12.0. The van der Waals surface area contributed by atoms with E-state index in [1.54, 1.807) is 0 Å². The molecule has 0 aromatic heterocycles. The van der Waals surface area contributed by atoms with Crippen LogP contribution in [0.15, 0.2) is 18.2 Å². The Labute approximate surface area is 119 Å². The van der Waals surface area contributed by atoms with Crippen LogP contribution in [0.25, 0.3) is 0 Å². The van der Waals surface area contributed by atoms with Crippen molar-refractivity contribution in [1.82, 2.24) is 4.90 Å². The molecule has 2 fully saturated rings. The highest BCUT2D eigenvalue weighted by Gasteiger charge is 2.60. The molecule has 0 amide bonds. The van der Waals surface area contributed by atoms with Crippen molar-refractivity contribution in [2.24, 2.45) is 17.8 Å². The zero-order chi connectivity index (χ0) is 14.5. The molecule has 2 saturated carbocycles. The first kappa shape index (κ1) is 13.8. The minimum absolute atomic E-state index is 0.0116. The van der Waals surface area contributed by atoms with E-state index in [1.807, 2.05) is 19.0 Å². The van der Waals surface area contributed by atoms with Gasteiger partial charge < -0.3 is 15.1 Å². The van der Waals surface area contributed by atoms with E-state index >= 15 is 0 Å². The van der Waals surface area contributed by atoms with E-state index in [0.29, 0.717) is 5.92 Å². The number of hydrogen-bond donors (Lipinski definition) is 2. The fourth-order valence-corrected chi connectivity index (χ4v) is 3.95. The van der Waals surface area contributed by atoms with Crippen molar-refractivity contribution in [3.8, 4) is 5.75 Å². The van der Waals surface area contributed by atoms with Gasteiger partial charge >= 0.3 is 0 Å². The van der Waals surface area contributed by atoms with E-state index in [-0.39, 0.29) is 23.1 Å². The fourth-order valence-electron chi connectivity index (χ4n) is 3.95. The van der Waals surface area contributed by atoms with Gasteiger partial charge in [0.15, 0.2) is 0 Å². The molecule has 4 atom stereocenters. The molecule has 0 aliphatic heterocycles. The smallest absolute Gasteiger partial charge is 0.129 e. The number of halogens is 1. The summed E-state index contributed by atoms with van der Waals surface area (Å²) in [6.45, 7) is 0.731. The molecule has 0 saturated heterocycles. The third kappa shape index (κ3) is 2.11. The second-order valence-electron chi connectivity index (χ2n) is 6.63. The topological polar surface area (TPSA) is 43.7 Å². The van der Waals surface area contributed by atoms with Crippen LogP contribution in [0.5, 0.6) is 5.75 Å². The normalized spacial score (nSPS) is 36.0. The average Bonchev–Trinajstić information content (AvgIpc) is 3.16. The maximum absolute atomic E-state index is 14.2. The second-order valence-corrected chi connectivity index (χ2v) is 6.63. The fraction of sp³-hybridized carbons (Fsp3) is 0.625. The highest BCUT2D eigenvalue weighted by atomic mass is 19.1. The van der Waals surface area contributed by atoms with E-state index in [9.17, 15) is 14.6 Å². The molecule has 0 spiro atoms. The first-order valence-corrected chi connectivity index (χ1v) is 7.29. The van der Waals surface area contributed by atoms with Crippen molar-refractivity contribution >= 4 is 0 Å². The predicted octanol–water partition coefficient (Wildman–Crippen LogP) is 2.33. The molecule has 3 rings (SSSR count). The van der Waals surface area contributed by atoms with Crippen LogP contribution in [0.1, 0.15) is 24.8 Å². The Balaban J connectivity index is 2.02. The Bertz CT molecular complexity index is 519. The van der Waals surface area contributed by atoms with Crippen molar-refractivity contribution in [2.75, 3.05) is 20.6 Å². The molecule has 1 aromatic rings. The maximum atomic E-state index is 14.2. The van der Waals surface area contributed by atoms with Gasteiger partial charge in [-0.15, -0.1) is 0 Å². The third-order valence-electron chi connectivity index (χ3n) is 4.96. The van der Waals surface area contributed by atoms with Crippen LogP contribution in [0, 0.1) is 23.6 Å². The molecule has 4 heteroatoms. The number of phenolic OH excluding ortho intramolecular Hbond substituents is 1. The van der Waals surface area contributed by atoms with Gasteiger partial charge in [0.2, 0.25) is 0 Å². The molecule has 3 nitrogen and oxygen atoms in total. The lowest BCUT2D eigenvalue weighted by Gasteiger charge is -2.42. The van der Waals surface area contributed by atoms with Crippen LogP contribution in [0.3, 0.4) is 0 Å². The lowest BCUT2D eigenvalue weighted by Crippen LogP contribution is -2.45. The van der Waals surface area contributed by atoms with E-state index in [0.717, 1.165) is 25.8 Å². The molecule has 2 aliphatic carbocycles. The van der Waals surface area contributed by atoms with Gasteiger partial charge in [0.1, 0.15) is 11.6 Å². The Morgan fingerprint density at radius 2 is 2.10 bits per heavy atom. The first-order valence-electron chi connectivity index (χ1n) is 7.29. The first-order chi connectivity index (χ1) is 9.42. The van der Waals surface area contributed by atoms with Crippen molar-refractivity contribution in [3.05, 3.63) is 29.6 Å². The summed E-state index contributed by atoms with van der Waals surface area (Å²) in [5, 5.41) is 21.0. The SMILES string of the molecule is CN(C)C[C@H]1CCC2C[C@@H]2[C@]1(O)c1cc(O)ccc1F. The van der Waals surface area contributed by atoms with Gasteiger partial charge in [-0.25, -0.2) is 4.39 Å². The maximum Gasteiger partial charge on any atom is 0.129 e. The number of fused-ring (bicyclic) bond motifs is 1. The molecule has 2 aliphatic rings. The van der Waals surface area contributed by atoms with Crippen molar-refractivity contribution in [2.45, 2.75) is 24.9 Å². The summed E-state index contributed by atoms with van der Waals surface area (Å²) < 4.78 is 14.2. The quantitative estimate of drug-likeness (QED) is 0.892. The Hall–Kier alpha value is -1.13. The van der Waals surface area contributed by atoms with Gasteiger partial charge in [-0.2, -0.15) is 0 Å². The van der Waals surface area contributed by atoms with Crippen LogP contribution in [0.4, 0.5) is 4.39 Å². The minimum Gasteiger partial charge on any atom is -0.508 e. The van der Waals surface area contributed by atoms with E-state index in [4.69, 9.17) is 0 Å². The van der Waals surface area contributed by atoms with Crippen molar-refractivity contribution in [1.29, 1.82) is 0 Å². The highest BCUT2D eigenvalue weighted by Crippen LogP contribution is 2.61. The third-order valence-corrected chi connectivity index (χ3v) is 4.96. The number of benzene rings is 1. The molecule has 0 heterocycles. The summed E-state index contributed by atoms with van der Waals surface area (Å²) in [6.07, 6.45) is 2.99. The summed E-state index contributed by atoms with van der Waals surface area (Å²) in [7, 11) is 3.94. The zero-order valence-corrected chi connectivity index (χ0v) is 12.0. The van der Waals surface area contributed by atoms with Crippen LogP contribution < -0.4 is 0 Å². The number of aliphatic hydroxyl groups is 1. The molecule has 1 aromatic carbocycles. The van der Waals surface area contributed by atoms with Gasteiger partial charge in [0.05, 0.1) is 5.60 Å². The Morgan fingerprint density at radius 1 is 1.35 bits per heavy atom. The molecular weight excluding hydrogens is 257 g/mol.